The molecule has 2 rings (SSSR count). The fraction of sp³-hybridized carbons (Fsp3) is 0.250. The first kappa shape index (κ1) is 12.8. The minimum absolute atomic E-state index is 0.178. The highest BCUT2D eigenvalue weighted by Gasteiger charge is 2.22. The van der Waals surface area contributed by atoms with Crippen molar-refractivity contribution in [2.24, 2.45) is 7.05 Å². The summed E-state index contributed by atoms with van der Waals surface area (Å²) in [5.74, 6) is -1.49. The minimum atomic E-state index is -0.843. The first-order valence-corrected chi connectivity index (χ1v) is 6.16. The Kier molecular flexibility index (Phi) is 3.47. The molecule has 2 heterocycles. The summed E-state index contributed by atoms with van der Waals surface area (Å²) in [4.78, 5) is 27.6. The molecule has 0 saturated carbocycles. The Morgan fingerprint density at radius 2 is 2.22 bits per heavy atom. The van der Waals surface area contributed by atoms with Crippen LogP contribution in [-0.2, 0) is 16.6 Å². The largest absolute Gasteiger partial charge is 0.460 e. The van der Waals surface area contributed by atoms with E-state index in [0.717, 1.165) is 4.47 Å². The molecule has 0 aliphatic rings. The van der Waals surface area contributed by atoms with E-state index < -0.39 is 11.8 Å². The van der Waals surface area contributed by atoms with Gasteiger partial charge in [0.05, 0.1) is 12.2 Å². The lowest BCUT2D eigenvalue weighted by Gasteiger charge is -1.99. The van der Waals surface area contributed by atoms with Crippen molar-refractivity contribution in [1.82, 2.24) is 9.55 Å². The van der Waals surface area contributed by atoms with Gasteiger partial charge in [0.15, 0.2) is 0 Å². The maximum atomic E-state index is 11.9. The molecular weight excluding hydrogens is 300 g/mol. The van der Waals surface area contributed by atoms with E-state index in [9.17, 15) is 9.59 Å². The molecule has 0 aliphatic carbocycles. The number of rotatable bonds is 3. The van der Waals surface area contributed by atoms with Gasteiger partial charge in [0.2, 0.25) is 0 Å². The van der Waals surface area contributed by atoms with Crippen LogP contribution in [0, 0.1) is 0 Å². The van der Waals surface area contributed by atoms with E-state index >= 15 is 0 Å². The summed E-state index contributed by atoms with van der Waals surface area (Å²) in [5.41, 5.74) is 0.950. The minimum Gasteiger partial charge on any atom is -0.460 e. The number of nitrogens with zero attached hydrogens (tertiary/aromatic N) is 2. The van der Waals surface area contributed by atoms with Gasteiger partial charge in [-0.1, -0.05) is 0 Å². The summed E-state index contributed by atoms with van der Waals surface area (Å²) in [6.45, 7) is 1.84. The molecule has 0 amide bonds. The highest BCUT2D eigenvalue weighted by Crippen LogP contribution is 2.23. The predicted octanol–water partition coefficient (Wildman–Crippen LogP) is 2.08. The molecule has 0 fully saturated rings. The van der Waals surface area contributed by atoms with Crippen LogP contribution in [-0.4, -0.2) is 27.9 Å². The van der Waals surface area contributed by atoms with Crippen LogP contribution in [0.1, 0.15) is 17.3 Å². The van der Waals surface area contributed by atoms with Gasteiger partial charge in [-0.15, -0.1) is 0 Å². The molecule has 0 N–H and O–H groups in total. The summed E-state index contributed by atoms with van der Waals surface area (Å²) in [6.07, 6.45) is 3.23. The van der Waals surface area contributed by atoms with Gasteiger partial charge < -0.3 is 9.30 Å². The maximum absolute atomic E-state index is 11.9. The number of fused-ring (bicyclic) bond motifs is 1. The number of pyridine rings is 1. The first-order valence-electron chi connectivity index (χ1n) is 5.36. The van der Waals surface area contributed by atoms with E-state index in [0.29, 0.717) is 16.6 Å². The van der Waals surface area contributed by atoms with Gasteiger partial charge in [0.25, 0.3) is 5.78 Å². The molecule has 2 aromatic rings. The molecule has 0 saturated heterocycles. The van der Waals surface area contributed by atoms with E-state index in [1.165, 1.54) is 0 Å². The van der Waals surface area contributed by atoms with Gasteiger partial charge >= 0.3 is 5.97 Å². The number of carbonyl (C=O) groups excluding carboxylic acids is 2. The molecule has 0 atom stereocenters. The van der Waals surface area contributed by atoms with Crippen LogP contribution < -0.4 is 0 Å². The zero-order valence-corrected chi connectivity index (χ0v) is 11.5. The number of carbonyl (C=O) groups is 2. The zero-order valence-electron chi connectivity index (χ0n) is 9.94. The lowest BCUT2D eigenvalue weighted by atomic mass is 10.1. The number of esters is 1. The summed E-state index contributed by atoms with van der Waals surface area (Å²) in [5, 5.41) is 0.630. The Balaban J connectivity index is 2.54. The molecular formula is C12H11BrN2O3. The van der Waals surface area contributed by atoms with Crippen LogP contribution in [0.25, 0.3) is 11.0 Å². The summed E-state index contributed by atoms with van der Waals surface area (Å²) in [6, 6.07) is 1.76. The van der Waals surface area contributed by atoms with Crippen LogP contribution >= 0.6 is 15.9 Å². The molecule has 6 heteroatoms. The van der Waals surface area contributed by atoms with Gasteiger partial charge in [-0.05, 0) is 28.9 Å². The van der Waals surface area contributed by atoms with Crippen molar-refractivity contribution < 1.29 is 14.3 Å². The quantitative estimate of drug-likeness (QED) is 0.495. The van der Waals surface area contributed by atoms with E-state index in [2.05, 4.69) is 20.9 Å². The van der Waals surface area contributed by atoms with Crippen molar-refractivity contribution >= 4 is 38.7 Å². The van der Waals surface area contributed by atoms with Gasteiger partial charge in [-0.2, -0.15) is 0 Å². The summed E-state index contributed by atoms with van der Waals surface area (Å²) < 4.78 is 7.17. The molecule has 0 unspecified atom stereocenters. The van der Waals surface area contributed by atoms with Crippen molar-refractivity contribution in [3.05, 3.63) is 28.5 Å². The van der Waals surface area contributed by atoms with E-state index in [-0.39, 0.29) is 6.61 Å². The maximum Gasteiger partial charge on any atom is 0.379 e. The van der Waals surface area contributed by atoms with Crippen LogP contribution in [0.5, 0.6) is 0 Å². The fourth-order valence-corrected chi connectivity index (χ4v) is 2.05. The van der Waals surface area contributed by atoms with Crippen molar-refractivity contribution in [3.63, 3.8) is 0 Å². The lowest BCUT2D eigenvalue weighted by Crippen LogP contribution is -2.17. The average molecular weight is 311 g/mol. The number of ketones is 1. The second kappa shape index (κ2) is 4.89. The third-order valence-electron chi connectivity index (χ3n) is 2.49. The highest BCUT2D eigenvalue weighted by molar-refractivity contribution is 9.10. The molecule has 0 aliphatic heterocycles. The molecule has 0 bridgehead atoms. The van der Waals surface area contributed by atoms with Gasteiger partial charge in [-0.3, -0.25) is 4.79 Å². The Morgan fingerprint density at radius 1 is 1.50 bits per heavy atom. The smallest absolute Gasteiger partial charge is 0.379 e. The second-order valence-corrected chi connectivity index (χ2v) is 4.64. The molecule has 0 aromatic carbocycles. The standard InChI is InChI=1S/C12H11BrN2O3/c1-3-18-12(17)10(16)9-6-15(2)11-8(9)4-7(13)5-14-11/h4-6H,3H2,1-2H3. The summed E-state index contributed by atoms with van der Waals surface area (Å²) >= 11 is 3.29. The second-order valence-electron chi connectivity index (χ2n) is 3.73. The molecule has 2 aromatic heterocycles. The monoisotopic (exact) mass is 310 g/mol. The fourth-order valence-electron chi connectivity index (χ4n) is 1.72. The van der Waals surface area contributed by atoms with E-state index in [1.807, 2.05) is 0 Å². The third-order valence-corrected chi connectivity index (χ3v) is 2.92. The Morgan fingerprint density at radius 3 is 2.89 bits per heavy atom. The molecule has 0 spiro atoms. The average Bonchev–Trinajstić information content (AvgIpc) is 2.65. The predicted molar refractivity (Wildman–Crippen MR) is 69.4 cm³/mol. The van der Waals surface area contributed by atoms with Gasteiger partial charge in [0, 0.05) is 29.3 Å². The number of aromatic nitrogens is 2. The van der Waals surface area contributed by atoms with Crippen molar-refractivity contribution in [2.75, 3.05) is 6.61 Å². The number of hydrogen-bond donors (Lipinski definition) is 0. The topological polar surface area (TPSA) is 61.2 Å². The van der Waals surface area contributed by atoms with Crippen molar-refractivity contribution in [3.8, 4) is 0 Å². The number of hydrogen-bond acceptors (Lipinski definition) is 4. The normalized spacial score (nSPS) is 10.6. The zero-order chi connectivity index (χ0) is 13.3. The lowest BCUT2D eigenvalue weighted by molar-refractivity contribution is -0.137. The van der Waals surface area contributed by atoms with Crippen LogP contribution in [0.3, 0.4) is 0 Å². The third kappa shape index (κ3) is 2.15. The van der Waals surface area contributed by atoms with Crippen LogP contribution in [0.2, 0.25) is 0 Å². The van der Waals surface area contributed by atoms with Crippen LogP contribution in [0.4, 0.5) is 0 Å². The Hall–Kier alpha value is -1.69. The number of halogens is 1. The Labute approximate surface area is 112 Å². The molecule has 18 heavy (non-hydrogen) atoms. The Bertz CT molecular complexity index is 634. The van der Waals surface area contributed by atoms with Crippen molar-refractivity contribution in [2.45, 2.75) is 6.92 Å². The van der Waals surface area contributed by atoms with E-state index in [1.54, 1.807) is 37.0 Å². The first-order chi connectivity index (χ1) is 8.54. The van der Waals surface area contributed by atoms with Crippen molar-refractivity contribution in [1.29, 1.82) is 0 Å². The van der Waals surface area contributed by atoms with Crippen LogP contribution in [0.15, 0.2) is 22.9 Å². The number of aryl methyl sites for hydroxylation is 1. The summed E-state index contributed by atoms with van der Waals surface area (Å²) in [7, 11) is 1.77. The molecule has 94 valence electrons. The molecule has 5 nitrogen and oxygen atoms in total. The number of ether oxygens (including phenoxy) is 1. The highest BCUT2D eigenvalue weighted by atomic mass is 79.9. The van der Waals surface area contributed by atoms with Gasteiger partial charge in [0.1, 0.15) is 5.65 Å². The SMILES string of the molecule is CCOC(=O)C(=O)c1cn(C)c2ncc(Br)cc12. The number of Topliss-reactive ketones (excluding diaryl/α,β-unsaturated/α-hetero) is 1. The molecule has 0 radical (unpaired) electrons. The van der Waals surface area contributed by atoms with E-state index in [4.69, 9.17) is 4.74 Å². The van der Waals surface area contributed by atoms with Gasteiger partial charge in [-0.25, -0.2) is 9.78 Å².